The molecule has 2 N–H and O–H groups in total. The minimum Gasteiger partial charge on any atom is -0.352 e. The van der Waals surface area contributed by atoms with Crippen LogP contribution in [-0.4, -0.2) is 19.0 Å². The van der Waals surface area contributed by atoms with Gasteiger partial charge < -0.3 is 10.6 Å². The number of alkyl halides is 3. The van der Waals surface area contributed by atoms with Crippen LogP contribution in [0.2, 0.25) is 0 Å². The van der Waals surface area contributed by atoms with Crippen molar-refractivity contribution >= 4 is 5.91 Å². The third-order valence-corrected chi connectivity index (χ3v) is 3.68. The van der Waals surface area contributed by atoms with Gasteiger partial charge in [0.1, 0.15) is 0 Å². The van der Waals surface area contributed by atoms with E-state index in [0.717, 1.165) is 25.2 Å². The van der Waals surface area contributed by atoms with Crippen molar-refractivity contribution in [3.05, 3.63) is 35.4 Å². The van der Waals surface area contributed by atoms with Gasteiger partial charge in [-0.3, -0.25) is 4.79 Å². The van der Waals surface area contributed by atoms with E-state index in [1.54, 1.807) is 0 Å². The van der Waals surface area contributed by atoms with Gasteiger partial charge in [-0.05, 0) is 36.7 Å². The normalized spacial score (nSPS) is 17.4. The van der Waals surface area contributed by atoms with E-state index < -0.39 is 11.7 Å². The average Bonchev–Trinajstić information content (AvgIpc) is 2.33. The summed E-state index contributed by atoms with van der Waals surface area (Å²) in [5, 5.41) is 5.86. The topological polar surface area (TPSA) is 41.1 Å². The summed E-state index contributed by atoms with van der Waals surface area (Å²) in [5.74, 6) is 0.213. The van der Waals surface area contributed by atoms with Crippen molar-refractivity contribution in [2.45, 2.75) is 19.6 Å². The molecule has 1 aliphatic rings. The fraction of sp³-hybridized carbons (Fsp3) is 0.500. The molecule has 0 aromatic heterocycles. The molecule has 0 radical (unpaired) electrons. The Bertz CT molecular complexity index is 466. The molecule has 3 nitrogen and oxygen atoms in total. The number of halogens is 3. The highest BCUT2D eigenvalue weighted by Gasteiger charge is 2.30. The molecule has 0 spiro atoms. The van der Waals surface area contributed by atoms with Crippen LogP contribution in [0.25, 0.3) is 0 Å². The molecule has 1 unspecified atom stereocenters. The molecule has 1 atom stereocenters. The first kappa shape index (κ1) is 14.8. The molecule has 2 rings (SSSR count). The monoisotopic (exact) mass is 286 g/mol. The Morgan fingerprint density at radius 2 is 1.95 bits per heavy atom. The standard InChI is InChI=1S/C14H17F3N2O/c1-9(11-7-18-8-11)13(20)19-6-10-2-4-12(5-3-10)14(15,16)17/h2-5,9,11,18H,6-8H2,1H3,(H,19,20). The summed E-state index contributed by atoms with van der Waals surface area (Å²) in [7, 11) is 0. The van der Waals surface area contributed by atoms with Crippen LogP contribution in [0.15, 0.2) is 24.3 Å². The average molecular weight is 286 g/mol. The Kier molecular flexibility index (Phi) is 4.32. The molecule has 1 saturated heterocycles. The van der Waals surface area contributed by atoms with Gasteiger partial charge in [0.2, 0.25) is 5.91 Å². The molecule has 0 aliphatic carbocycles. The quantitative estimate of drug-likeness (QED) is 0.890. The van der Waals surface area contributed by atoms with E-state index in [0.29, 0.717) is 11.5 Å². The molecular formula is C14H17F3N2O. The van der Waals surface area contributed by atoms with Crippen LogP contribution in [0.1, 0.15) is 18.1 Å². The summed E-state index contributed by atoms with van der Waals surface area (Å²) in [4.78, 5) is 11.9. The van der Waals surface area contributed by atoms with Crippen molar-refractivity contribution in [1.82, 2.24) is 10.6 Å². The van der Waals surface area contributed by atoms with Crippen molar-refractivity contribution in [1.29, 1.82) is 0 Å². The molecule has 110 valence electrons. The first-order valence-electron chi connectivity index (χ1n) is 6.52. The first-order valence-corrected chi connectivity index (χ1v) is 6.52. The van der Waals surface area contributed by atoms with Gasteiger partial charge in [0.05, 0.1) is 5.56 Å². The Labute approximate surface area is 115 Å². The third kappa shape index (κ3) is 3.50. The van der Waals surface area contributed by atoms with Crippen LogP contribution in [0.3, 0.4) is 0 Å². The summed E-state index contributed by atoms with van der Waals surface area (Å²) < 4.78 is 37.2. The van der Waals surface area contributed by atoms with Gasteiger partial charge in [0.25, 0.3) is 0 Å². The van der Waals surface area contributed by atoms with E-state index >= 15 is 0 Å². The highest BCUT2D eigenvalue weighted by Crippen LogP contribution is 2.29. The van der Waals surface area contributed by atoms with Crippen LogP contribution < -0.4 is 10.6 Å². The number of nitrogens with one attached hydrogen (secondary N) is 2. The molecule has 6 heteroatoms. The molecule has 0 bridgehead atoms. The van der Waals surface area contributed by atoms with Gasteiger partial charge in [-0.2, -0.15) is 13.2 Å². The maximum Gasteiger partial charge on any atom is 0.416 e. The second kappa shape index (κ2) is 5.83. The number of amides is 1. The van der Waals surface area contributed by atoms with Gasteiger partial charge in [-0.25, -0.2) is 0 Å². The Hall–Kier alpha value is -1.56. The minimum atomic E-state index is -4.33. The molecular weight excluding hydrogens is 269 g/mol. The Morgan fingerprint density at radius 1 is 1.35 bits per heavy atom. The molecule has 1 aromatic carbocycles. The fourth-order valence-corrected chi connectivity index (χ4v) is 2.04. The first-order chi connectivity index (χ1) is 9.38. The minimum absolute atomic E-state index is 0.0589. The second-order valence-corrected chi connectivity index (χ2v) is 5.12. The lowest BCUT2D eigenvalue weighted by molar-refractivity contribution is -0.137. The van der Waals surface area contributed by atoms with E-state index in [1.165, 1.54) is 12.1 Å². The molecule has 0 saturated carbocycles. The van der Waals surface area contributed by atoms with Crippen molar-refractivity contribution in [3.8, 4) is 0 Å². The van der Waals surface area contributed by atoms with Crippen molar-refractivity contribution in [3.63, 3.8) is 0 Å². The molecule has 1 amide bonds. The Balaban J connectivity index is 1.86. The van der Waals surface area contributed by atoms with Gasteiger partial charge in [-0.1, -0.05) is 19.1 Å². The van der Waals surface area contributed by atoms with Gasteiger partial charge in [0.15, 0.2) is 0 Å². The van der Waals surface area contributed by atoms with Gasteiger partial charge in [0, 0.05) is 12.5 Å². The number of carbonyl (C=O) groups is 1. The molecule has 1 heterocycles. The number of carbonyl (C=O) groups excluding carboxylic acids is 1. The molecule has 1 aromatic rings. The van der Waals surface area contributed by atoms with Crippen LogP contribution in [0.5, 0.6) is 0 Å². The zero-order valence-corrected chi connectivity index (χ0v) is 11.1. The smallest absolute Gasteiger partial charge is 0.352 e. The van der Waals surface area contributed by atoms with Crippen molar-refractivity contribution in [2.24, 2.45) is 11.8 Å². The molecule has 1 fully saturated rings. The summed E-state index contributed by atoms with van der Waals surface area (Å²) in [5.41, 5.74) is -0.0215. The summed E-state index contributed by atoms with van der Waals surface area (Å²) in [6.45, 7) is 3.80. The predicted octanol–water partition coefficient (Wildman–Crippen LogP) is 2.18. The van der Waals surface area contributed by atoms with E-state index in [4.69, 9.17) is 0 Å². The van der Waals surface area contributed by atoms with Crippen LogP contribution in [-0.2, 0) is 17.5 Å². The lowest BCUT2D eigenvalue weighted by atomic mass is 9.88. The van der Waals surface area contributed by atoms with Crippen LogP contribution in [0, 0.1) is 11.8 Å². The lowest BCUT2D eigenvalue weighted by Crippen LogP contribution is -2.49. The third-order valence-electron chi connectivity index (χ3n) is 3.68. The maximum atomic E-state index is 12.4. The maximum absolute atomic E-state index is 12.4. The predicted molar refractivity (Wildman–Crippen MR) is 68.8 cm³/mol. The molecule has 1 aliphatic heterocycles. The fourth-order valence-electron chi connectivity index (χ4n) is 2.04. The number of benzene rings is 1. The molecule has 20 heavy (non-hydrogen) atoms. The summed E-state index contributed by atoms with van der Waals surface area (Å²) in [6, 6.07) is 4.83. The second-order valence-electron chi connectivity index (χ2n) is 5.12. The summed E-state index contributed by atoms with van der Waals surface area (Å²) in [6.07, 6.45) is -4.33. The SMILES string of the molecule is CC(C(=O)NCc1ccc(C(F)(F)F)cc1)C1CNC1. The van der Waals surface area contributed by atoms with E-state index in [2.05, 4.69) is 10.6 Å². The van der Waals surface area contributed by atoms with Gasteiger partial charge >= 0.3 is 6.18 Å². The Morgan fingerprint density at radius 3 is 2.40 bits per heavy atom. The van der Waals surface area contributed by atoms with Crippen molar-refractivity contribution < 1.29 is 18.0 Å². The van der Waals surface area contributed by atoms with Crippen LogP contribution in [0.4, 0.5) is 13.2 Å². The largest absolute Gasteiger partial charge is 0.416 e. The van der Waals surface area contributed by atoms with E-state index in [-0.39, 0.29) is 18.4 Å². The number of rotatable bonds is 4. The zero-order chi connectivity index (χ0) is 14.8. The van der Waals surface area contributed by atoms with E-state index in [9.17, 15) is 18.0 Å². The lowest BCUT2D eigenvalue weighted by Gasteiger charge is -2.31. The zero-order valence-electron chi connectivity index (χ0n) is 11.1. The van der Waals surface area contributed by atoms with Crippen LogP contribution >= 0.6 is 0 Å². The van der Waals surface area contributed by atoms with E-state index in [1.807, 2.05) is 6.92 Å². The number of hydrogen-bond donors (Lipinski definition) is 2. The number of hydrogen-bond acceptors (Lipinski definition) is 2. The highest BCUT2D eigenvalue weighted by molar-refractivity contribution is 5.78. The summed E-state index contributed by atoms with van der Waals surface area (Å²) >= 11 is 0. The van der Waals surface area contributed by atoms with Crippen molar-refractivity contribution in [2.75, 3.05) is 13.1 Å². The highest BCUT2D eigenvalue weighted by atomic mass is 19.4. The van der Waals surface area contributed by atoms with Gasteiger partial charge in [-0.15, -0.1) is 0 Å².